The maximum absolute atomic E-state index is 11.5. The Morgan fingerprint density at radius 2 is 1.52 bits per heavy atom. The number of carbonyl (C=O) groups excluding carboxylic acids is 1. The van der Waals surface area contributed by atoms with E-state index in [-0.39, 0.29) is 5.78 Å². The summed E-state index contributed by atoms with van der Waals surface area (Å²) in [5, 5.41) is 0. The molecule has 0 aliphatic carbocycles. The summed E-state index contributed by atoms with van der Waals surface area (Å²) in [6.45, 7) is 9.80. The predicted molar refractivity (Wildman–Crippen MR) is 92.4 cm³/mol. The molecule has 1 aromatic carbocycles. The lowest BCUT2D eigenvalue weighted by atomic mass is 9.99. The van der Waals surface area contributed by atoms with Crippen molar-refractivity contribution < 1.29 is 4.79 Å². The Bertz CT molecular complexity index is 625. The predicted octanol–water partition coefficient (Wildman–Crippen LogP) is 5.76. The lowest BCUT2D eigenvalue weighted by molar-refractivity contribution is 0.101. The molecule has 0 amide bonds. The van der Waals surface area contributed by atoms with Gasteiger partial charge < -0.3 is 0 Å². The Kier molecular flexibility index (Phi) is 6.61. The minimum absolute atomic E-state index is 0.0941. The van der Waals surface area contributed by atoms with Gasteiger partial charge in [-0.25, -0.2) is 0 Å². The first-order valence-electron chi connectivity index (χ1n) is 7.25. The van der Waals surface area contributed by atoms with Crippen molar-refractivity contribution in [1.29, 1.82) is 0 Å². The number of Topliss-reactive ketones (excluding diaryl/α,β-unsaturated/α-hetero) is 1. The number of ketones is 1. The highest BCUT2D eigenvalue weighted by molar-refractivity contribution is 5.95. The van der Waals surface area contributed by atoms with E-state index in [2.05, 4.69) is 44.2 Å². The molecule has 1 heteroatoms. The molecule has 1 nitrogen and oxygen atoms in total. The number of allylic oxidation sites excluding steroid dienone is 8. The first-order chi connectivity index (χ1) is 9.97. The molecule has 0 aromatic heterocycles. The number of rotatable bonds is 5. The van der Waals surface area contributed by atoms with Gasteiger partial charge in [0.2, 0.25) is 0 Å². The monoisotopic (exact) mass is 280 g/mol. The molecular formula is C20H24O. The van der Waals surface area contributed by atoms with Gasteiger partial charge in [0.25, 0.3) is 0 Å². The average molecular weight is 280 g/mol. The Morgan fingerprint density at radius 3 is 2.10 bits per heavy atom. The number of hydrogen-bond donors (Lipinski definition) is 0. The highest BCUT2D eigenvalue weighted by Gasteiger charge is 2.03. The summed E-state index contributed by atoms with van der Waals surface area (Å²) in [4.78, 5) is 11.5. The lowest BCUT2D eigenvalue weighted by Gasteiger charge is -2.05. The molecule has 0 bridgehead atoms. The summed E-state index contributed by atoms with van der Waals surface area (Å²) in [6.07, 6.45) is 10.5. The van der Waals surface area contributed by atoms with E-state index in [1.807, 2.05) is 38.1 Å². The first-order valence-corrected chi connectivity index (χ1v) is 7.25. The van der Waals surface area contributed by atoms with Crippen LogP contribution < -0.4 is 0 Å². The van der Waals surface area contributed by atoms with E-state index < -0.39 is 0 Å². The summed E-state index contributed by atoms with van der Waals surface area (Å²) < 4.78 is 0. The second-order valence-corrected chi connectivity index (χ2v) is 5.14. The van der Waals surface area contributed by atoms with E-state index >= 15 is 0 Å². The molecule has 0 N–H and O–H groups in total. The van der Waals surface area contributed by atoms with Crippen LogP contribution in [0.25, 0.3) is 5.57 Å². The molecule has 1 aromatic rings. The topological polar surface area (TPSA) is 17.1 Å². The first kappa shape index (κ1) is 16.9. The maximum atomic E-state index is 11.5. The second kappa shape index (κ2) is 8.21. The van der Waals surface area contributed by atoms with Crippen LogP contribution in [0.5, 0.6) is 0 Å². The van der Waals surface area contributed by atoms with Crippen LogP contribution in [0.4, 0.5) is 0 Å². The molecule has 21 heavy (non-hydrogen) atoms. The van der Waals surface area contributed by atoms with Crippen molar-refractivity contribution in [2.75, 3.05) is 0 Å². The lowest BCUT2D eigenvalue weighted by Crippen LogP contribution is -1.93. The molecule has 1 rings (SSSR count). The van der Waals surface area contributed by atoms with Crippen LogP contribution in [0.15, 0.2) is 65.8 Å². The van der Waals surface area contributed by atoms with E-state index in [4.69, 9.17) is 0 Å². The van der Waals surface area contributed by atoms with Gasteiger partial charge in [-0.1, -0.05) is 59.7 Å². The van der Waals surface area contributed by atoms with Gasteiger partial charge in [0.05, 0.1) is 0 Å². The quantitative estimate of drug-likeness (QED) is 0.495. The molecule has 0 atom stereocenters. The Morgan fingerprint density at radius 1 is 0.905 bits per heavy atom. The normalized spacial score (nSPS) is 13.9. The van der Waals surface area contributed by atoms with Gasteiger partial charge in [-0.15, -0.1) is 0 Å². The fourth-order valence-corrected chi connectivity index (χ4v) is 1.90. The minimum atomic E-state index is 0.0941. The summed E-state index contributed by atoms with van der Waals surface area (Å²) in [5.74, 6) is 0.0941. The molecule has 0 aliphatic rings. The zero-order valence-corrected chi connectivity index (χ0v) is 13.6. The molecule has 0 saturated heterocycles. The van der Waals surface area contributed by atoms with E-state index in [0.717, 1.165) is 16.7 Å². The summed E-state index contributed by atoms with van der Waals surface area (Å²) in [6, 6.07) is 7.76. The molecule has 0 radical (unpaired) electrons. The Hall–Kier alpha value is -2.15. The van der Waals surface area contributed by atoms with Gasteiger partial charge in [0.15, 0.2) is 5.78 Å². The molecule has 0 spiro atoms. The van der Waals surface area contributed by atoms with Gasteiger partial charge >= 0.3 is 0 Å². The third-order valence-corrected chi connectivity index (χ3v) is 3.36. The van der Waals surface area contributed by atoms with Crippen LogP contribution in [0.3, 0.4) is 0 Å². The fourth-order valence-electron chi connectivity index (χ4n) is 1.90. The smallest absolute Gasteiger partial charge is 0.159 e. The van der Waals surface area contributed by atoms with Crippen molar-refractivity contribution in [3.8, 4) is 0 Å². The van der Waals surface area contributed by atoms with Crippen LogP contribution in [0.2, 0.25) is 0 Å². The largest absolute Gasteiger partial charge is 0.295 e. The third kappa shape index (κ3) is 5.39. The summed E-state index contributed by atoms with van der Waals surface area (Å²) >= 11 is 0. The van der Waals surface area contributed by atoms with Crippen LogP contribution in [-0.4, -0.2) is 5.78 Å². The number of carbonyl (C=O) groups is 1. The summed E-state index contributed by atoms with van der Waals surface area (Å²) in [5.41, 5.74) is 5.36. The molecule has 0 fully saturated rings. The van der Waals surface area contributed by atoms with Crippen molar-refractivity contribution in [3.63, 3.8) is 0 Å². The number of hydrogen-bond acceptors (Lipinski definition) is 1. The third-order valence-electron chi connectivity index (χ3n) is 3.36. The van der Waals surface area contributed by atoms with Crippen molar-refractivity contribution in [3.05, 3.63) is 76.9 Å². The van der Waals surface area contributed by atoms with E-state index in [1.165, 1.54) is 11.1 Å². The molecule has 0 aliphatic heterocycles. The van der Waals surface area contributed by atoms with Crippen LogP contribution in [-0.2, 0) is 0 Å². The molecule has 0 unspecified atom stereocenters. The zero-order valence-electron chi connectivity index (χ0n) is 13.6. The van der Waals surface area contributed by atoms with Crippen molar-refractivity contribution in [1.82, 2.24) is 0 Å². The molecular weight excluding hydrogens is 256 g/mol. The molecule has 0 saturated carbocycles. The standard InChI is InChI=1S/C20H24O/c1-6-15(3)11-12-16(4)13-18(7-2)20-10-8-9-19(14-20)17(5)21/h6-14H,1-5H3/b12-11-,15-6-,16-13+,18-7+. The van der Waals surface area contributed by atoms with Gasteiger partial charge in [-0.3, -0.25) is 4.79 Å². The highest BCUT2D eigenvalue weighted by Crippen LogP contribution is 2.20. The number of benzene rings is 1. The summed E-state index contributed by atoms with van der Waals surface area (Å²) in [7, 11) is 0. The highest BCUT2D eigenvalue weighted by atomic mass is 16.1. The van der Waals surface area contributed by atoms with Gasteiger partial charge in [0.1, 0.15) is 0 Å². The van der Waals surface area contributed by atoms with Crippen molar-refractivity contribution in [2.24, 2.45) is 0 Å². The van der Waals surface area contributed by atoms with Crippen LogP contribution >= 0.6 is 0 Å². The van der Waals surface area contributed by atoms with Crippen LogP contribution in [0, 0.1) is 0 Å². The SMILES string of the molecule is C\C=C(C)/C=C\C(C)=C\C(=C/C)c1cccc(C(C)=O)c1. The zero-order chi connectivity index (χ0) is 15.8. The molecule has 110 valence electrons. The Labute approximate surface area is 128 Å². The van der Waals surface area contributed by atoms with Gasteiger partial charge in [-0.05, 0) is 51.8 Å². The molecule has 0 heterocycles. The van der Waals surface area contributed by atoms with Crippen LogP contribution in [0.1, 0.15) is 50.5 Å². The van der Waals surface area contributed by atoms with E-state index in [1.54, 1.807) is 6.92 Å². The second-order valence-electron chi connectivity index (χ2n) is 5.14. The average Bonchev–Trinajstić information content (AvgIpc) is 2.50. The fraction of sp³-hybridized carbons (Fsp3) is 0.250. The van der Waals surface area contributed by atoms with Gasteiger partial charge in [0, 0.05) is 5.56 Å². The van der Waals surface area contributed by atoms with Gasteiger partial charge in [-0.2, -0.15) is 0 Å². The maximum Gasteiger partial charge on any atom is 0.159 e. The van der Waals surface area contributed by atoms with Crippen molar-refractivity contribution in [2.45, 2.75) is 34.6 Å². The minimum Gasteiger partial charge on any atom is -0.295 e. The van der Waals surface area contributed by atoms with Crippen molar-refractivity contribution >= 4 is 11.4 Å². The van der Waals surface area contributed by atoms with E-state index in [9.17, 15) is 4.79 Å². The Balaban J connectivity index is 3.07. The van der Waals surface area contributed by atoms with E-state index in [0.29, 0.717) is 0 Å².